The van der Waals surface area contributed by atoms with Gasteiger partial charge in [0, 0.05) is 0 Å². The number of nitrogens with zero attached hydrogens (tertiary/aromatic N) is 1. The normalized spacial score (nSPS) is 15.7. The van der Waals surface area contributed by atoms with E-state index >= 15 is 0 Å². The molecule has 6 heteroatoms. The standard InChI is InChI=1S/C13H13NO5/c15-11-7-19-8-12(16)14(11)6-10-4-2-1-3-9(10)5-13(17)18/h1-4H,5-8H2,(H,17,18). The first-order chi connectivity index (χ1) is 9.08. The minimum absolute atomic E-state index is 0.0878. The number of carbonyl (C=O) groups is 3. The summed E-state index contributed by atoms with van der Waals surface area (Å²) in [7, 11) is 0. The highest BCUT2D eigenvalue weighted by atomic mass is 16.5. The number of amides is 2. The molecule has 1 aromatic carbocycles. The zero-order chi connectivity index (χ0) is 13.8. The number of morpholine rings is 1. The van der Waals surface area contributed by atoms with Gasteiger partial charge in [0.05, 0.1) is 13.0 Å². The molecule has 19 heavy (non-hydrogen) atoms. The fourth-order valence-electron chi connectivity index (χ4n) is 1.91. The van der Waals surface area contributed by atoms with E-state index in [0.29, 0.717) is 11.1 Å². The van der Waals surface area contributed by atoms with Crippen molar-refractivity contribution in [2.75, 3.05) is 13.2 Å². The zero-order valence-corrected chi connectivity index (χ0v) is 10.2. The van der Waals surface area contributed by atoms with E-state index in [0.717, 1.165) is 4.90 Å². The van der Waals surface area contributed by atoms with Crippen LogP contribution in [-0.2, 0) is 32.1 Å². The highest BCUT2D eigenvalue weighted by Gasteiger charge is 2.27. The van der Waals surface area contributed by atoms with Gasteiger partial charge in [0.1, 0.15) is 13.2 Å². The van der Waals surface area contributed by atoms with Crippen molar-refractivity contribution >= 4 is 17.8 Å². The van der Waals surface area contributed by atoms with Gasteiger partial charge in [-0.2, -0.15) is 0 Å². The highest BCUT2D eigenvalue weighted by molar-refractivity contribution is 5.98. The summed E-state index contributed by atoms with van der Waals surface area (Å²) in [5, 5.41) is 8.83. The van der Waals surface area contributed by atoms with Gasteiger partial charge < -0.3 is 9.84 Å². The second-order valence-corrected chi connectivity index (χ2v) is 4.21. The third-order valence-corrected chi connectivity index (χ3v) is 2.84. The second kappa shape index (κ2) is 5.62. The topological polar surface area (TPSA) is 83.9 Å². The maximum Gasteiger partial charge on any atom is 0.307 e. The minimum Gasteiger partial charge on any atom is -0.481 e. The van der Waals surface area contributed by atoms with Crippen LogP contribution in [0.25, 0.3) is 0 Å². The van der Waals surface area contributed by atoms with Crippen molar-refractivity contribution in [1.29, 1.82) is 0 Å². The van der Waals surface area contributed by atoms with Crippen LogP contribution < -0.4 is 0 Å². The summed E-state index contributed by atoms with van der Waals surface area (Å²) >= 11 is 0. The zero-order valence-electron chi connectivity index (χ0n) is 10.2. The summed E-state index contributed by atoms with van der Waals surface area (Å²) in [5.74, 6) is -1.75. The van der Waals surface area contributed by atoms with Gasteiger partial charge in [-0.1, -0.05) is 24.3 Å². The molecule has 100 valence electrons. The van der Waals surface area contributed by atoms with Crippen molar-refractivity contribution in [2.45, 2.75) is 13.0 Å². The third kappa shape index (κ3) is 3.17. The van der Waals surface area contributed by atoms with Gasteiger partial charge in [-0.15, -0.1) is 0 Å². The largest absolute Gasteiger partial charge is 0.481 e. The molecule has 1 aromatic rings. The fourth-order valence-corrected chi connectivity index (χ4v) is 1.91. The van der Waals surface area contributed by atoms with E-state index in [2.05, 4.69) is 0 Å². The van der Waals surface area contributed by atoms with E-state index < -0.39 is 17.8 Å². The van der Waals surface area contributed by atoms with Crippen LogP contribution in [0.1, 0.15) is 11.1 Å². The lowest BCUT2D eigenvalue weighted by Gasteiger charge is -2.25. The number of carbonyl (C=O) groups excluding carboxylic acids is 2. The number of carboxylic acid groups (broad SMARTS) is 1. The Balaban J connectivity index is 2.20. The lowest BCUT2D eigenvalue weighted by molar-refractivity contribution is -0.159. The molecule has 0 radical (unpaired) electrons. The molecule has 1 saturated heterocycles. The van der Waals surface area contributed by atoms with Gasteiger partial charge in [0.2, 0.25) is 0 Å². The average Bonchev–Trinajstić information content (AvgIpc) is 2.35. The van der Waals surface area contributed by atoms with Crippen molar-refractivity contribution in [3.63, 3.8) is 0 Å². The summed E-state index contributed by atoms with van der Waals surface area (Å²) in [6.07, 6.45) is -0.136. The van der Waals surface area contributed by atoms with Crippen LogP contribution in [0, 0.1) is 0 Å². The van der Waals surface area contributed by atoms with Crippen molar-refractivity contribution in [1.82, 2.24) is 4.90 Å². The summed E-state index contributed by atoms with van der Waals surface area (Å²) in [6, 6.07) is 6.87. The number of benzene rings is 1. The number of rotatable bonds is 4. The summed E-state index contributed by atoms with van der Waals surface area (Å²) in [6.45, 7) is -0.149. The van der Waals surface area contributed by atoms with Crippen LogP contribution in [0.3, 0.4) is 0 Å². The number of ether oxygens (including phenoxy) is 1. The van der Waals surface area contributed by atoms with Crippen LogP contribution in [-0.4, -0.2) is 41.0 Å². The number of hydrogen-bond donors (Lipinski definition) is 1. The Bertz CT molecular complexity index is 510. The molecule has 2 amide bonds. The van der Waals surface area contributed by atoms with Gasteiger partial charge in [0.15, 0.2) is 0 Å². The molecule has 0 spiro atoms. The lowest BCUT2D eigenvalue weighted by atomic mass is 10.0. The molecule has 0 saturated carbocycles. The van der Waals surface area contributed by atoms with Gasteiger partial charge in [-0.3, -0.25) is 19.3 Å². The molecule has 0 bridgehead atoms. The van der Waals surface area contributed by atoms with Crippen molar-refractivity contribution < 1.29 is 24.2 Å². The van der Waals surface area contributed by atoms with E-state index in [-0.39, 0.29) is 26.2 Å². The van der Waals surface area contributed by atoms with Gasteiger partial charge in [-0.25, -0.2) is 0 Å². The van der Waals surface area contributed by atoms with E-state index in [4.69, 9.17) is 9.84 Å². The second-order valence-electron chi connectivity index (χ2n) is 4.21. The maximum absolute atomic E-state index is 11.6. The van der Waals surface area contributed by atoms with Crippen LogP contribution in [0.15, 0.2) is 24.3 Å². The first-order valence-electron chi connectivity index (χ1n) is 5.77. The Hall–Kier alpha value is -2.21. The number of hydrogen-bond acceptors (Lipinski definition) is 4. The maximum atomic E-state index is 11.6. The van der Waals surface area contributed by atoms with E-state index in [1.165, 1.54) is 0 Å². The van der Waals surface area contributed by atoms with Crippen LogP contribution in [0.2, 0.25) is 0 Å². The molecule has 6 nitrogen and oxygen atoms in total. The Kier molecular flexibility index (Phi) is 3.91. The first kappa shape index (κ1) is 13.2. The van der Waals surface area contributed by atoms with Gasteiger partial charge in [0.25, 0.3) is 11.8 Å². The molecule has 1 N–H and O–H groups in total. The van der Waals surface area contributed by atoms with E-state index in [1.54, 1.807) is 24.3 Å². The summed E-state index contributed by atoms with van der Waals surface area (Å²) < 4.78 is 4.82. The van der Waals surface area contributed by atoms with Crippen LogP contribution in [0.4, 0.5) is 0 Å². The predicted molar refractivity (Wildman–Crippen MR) is 64.2 cm³/mol. The van der Waals surface area contributed by atoms with E-state index in [1.807, 2.05) is 0 Å². The average molecular weight is 263 g/mol. The van der Waals surface area contributed by atoms with Crippen LogP contribution >= 0.6 is 0 Å². The van der Waals surface area contributed by atoms with Crippen LogP contribution in [0.5, 0.6) is 0 Å². The number of imide groups is 1. The Morgan fingerprint density at radius 2 is 1.74 bits per heavy atom. The van der Waals surface area contributed by atoms with Crippen molar-refractivity contribution in [3.8, 4) is 0 Å². The predicted octanol–water partition coefficient (Wildman–Crippen LogP) is 0.199. The monoisotopic (exact) mass is 263 g/mol. The van der Waals surface area contributed by atoms with Crippen molar-refractivity contribution in [3.05, 3.63) is 35.4 Å². The lowest BCUT2D eigenvalue weighted by Crippen LogP contribution is -2.45. The molecule has 1 heterocycles. The van der Waals surface area contributed by atoms with Crippen molar-refractivity contribution in [2.24, 2.45) is 0 Å². The molecule has 1 aliphatic heterocycles. The summed E-state index contributed by atoms with van der Waals surface area (Å²) in [5.41, 5.74) is 1.26. The van der Waals surface area contributed by atoms with E-state index in [9.17, 15) is 14.4 Å². The molecule has 0 atom stereocenters. The third-order valence-electron chi connectivity index (χ3n) is 2.84. The summed E-state index contributed by atoms with van der Waals surface area (Å²) in [4.78, 5) is 35.1. The molecular formula is C13H13NO5. The number of aliphatic carboxylic acids is 1. The fraction of sp³-hybridized carbons (Fsp3) is 0.308. The molecular weight excluding hydrogens is 250 g/mol. The molecule has 0 aromatic heterocycles. The Labute approximate surface area is 109 Å². The minimum atomic E-state index is -0.952. The molecule has 1 fully saturated rings. The molecule has 1 aliphatic rings. The molecule has 0 unspecified atom stereocenters. The van der Waals surface area contributed by atoms with Gasteiger partial charge in [-0.05, 0) is 11.1 Å². The Morgan fingerprint density at radius 3 is 2.32 bits per heavy atom. The highest BCUT2D eigenvalue weighted by Crippen LogP contribution is 2.14. The first-order valence-corrected chi connectivity index (χ1v) is 5.77. The SMILES string of the molecule is O=C(O)Cc1ccccc1CN1C(=O)COCC1=O. The molecule has 0 aliphatic carbocycles. The smallest absolute Gasteiger partial charge is 0.307 e. The Morgan fingerprint density at radius 1 is 1.16 bits per heavy atom. The molecule has 2 rings (SSSR count). The van der Waals surface area contributed by atoms with Gasteiger partial charge >= 0.3 is 5.97 Å². The number of carboxylic acids is 1. The quantitative estimate of drug-likeness (QED) is 0.784.